The summed E-state index contributed by atoms with van der Waals surface area (Å²) in [5, 5.41) is 0. The van der Waals surface area contributed by atoms with Crippen LogP contribution in [-0.4, -0.2) is 52.7 Å². The molecule has 17 heavy (non-hydrogen) atoms. The van der Waals surface area contributed by atoms with Crippen LogP contribution in [0.5, 0.6) is 0 Å². The van der Waals surface area contributed by atoms with Gasteiger partial charge in [0, 0.05) is 24.7 Å². The first-order chi connectivity index (χ1) is 7.88. The van der Waals surface area contributed by atoms with Crippen LogP contribution >= 0.6 is 0 Å². The Labute approximate surface area is 103 Å². The van der Waals surface area contributed by atoms with Gasteiger partial charge in [0.2, 0.25) is 5.91 Å². The number of piperidine rings is 1. The molecule has 2 rings (SSSR count). The normalized spacial score (nSPS) is 24.8. The summed E-state index contributed by atoms with van der Waals surface area (Å²) in [5.74, 6) is 0.109. The van der Waals surface area contributed by atoms with Crippen molar-refractivity contribution in [1.29, 1.82) is 0 Å². The second kappa shape index (κ2) is 4.41. The number of ketones is 1. The monoisotopic (exact) mass is 238 g/mol. The van der Waals surface area contributed by atoms with Crippen LogP contribution < -0.4 is 0 Å². The van der Waals surface area contributed by atoms with E-state index in [1.54, 1.807) is 4.90 Å². The third-order valence-electron chi connectivity index (χ3n) is 3.87. The lowest BCUT2D eigenvalue weighted by Crippen LogP contribution is -2.51. The van der Waals surface area contributed by atoms with Gasteiger partial charge in [-0.2, -0.15) is 0 Å². The van der Waals surface area contributed by atoms with Crippen LogP contribution in [0.15, 0.2) is 0 Å². The Balaban J connectivity index is 1.91. The second-order valence-electron chi connectivity index (χ2n) is 6.13. The molecule has 2 heterocycles. The minimum Gasteiger partial charge on any atom is -0.332 e. The molecule has 0 saturated carbocycles. The highest BCUT2D eigenvalue weighted by molar-refractivity contribution is 6.05. The van der Waals surface area contributed by atoms with Crippen molar-refractivity contribution in [3.8, 4) is 0 Å². The number of carbonyl (C=O) groups excluding carboxylic acids is 2. The molecule has 2 aliphatic rings. The summed E-state index contributed by atoms with van der Waals surface area (Å²) >= 11 is 0. The van der Waals surface area contributed by atoms with Crippen LogP contribution in [0.4, 0.5) is 0 Å². The maximum absolute atomic E-state index is 11.7. The van der Waals surface area contributed by atoms with E-state index in [-0.39, 0.29) is 29.7 Å². The molecule has 0 aromatic carbocycles. The Morgan fingerprint density at radius 3 is 2.12 bits per heavy atom. The third-order valence-corrected chi connectivity index (χ3v) is 3.87. The number of Topliss-reactive ketones (excluding diaryl/α,β-unsaturated/α-hetero) is 1. The Bertz CT molecular complexity index is 325. The van der Waals surface area contributed by atoms with E-state index >= 15 is 0 Å². The van der Waals surface area contributed by atoms with Crippen LogP contribution in [0.25, 0.3) is 0 Å². The fraction of sp³-hybridized carbons (Fsp3) is 0.846. The number of nitrogens with zero attached hydrogens (tertiary/aromatic N) is 2. The summed E-state index contributed by atoms with van der Waals surface area (Å²) in [6.07, 6.45) is 2.12. The van der Waals surface area contributed by atoms with Crippen LogP contribution in [0.3, 0.4) is 0 Å². The summed E-state index contributed by atoms with van der Waals surface area (Å²) < 4.78 is 0. The molecule has 4 heteroatoms. The van der Waals surface area contributed by atoms with Gasteiger partial charge in [0.1, 0.15) is 0 Å². The fourth-order valence-electron chi connectivity index (χ4n) is 2.79. The average molecular weight is 238 g/mol. The van der Waals surface area contributed by atoms with E-state index in [2.05, 4.69) is 25.7 Å². The lowest BCUT2D eigenvalue weighted by molar-refractivity contribution is -0.130. The zero-order valence-corrected chi connectivity index (χ0v) is 11.0. The molecule has 1 amide bonds. The summed E-state index contributed by atoms with van der Waals surface area (Å²) in [6.45, 7) is 9.05. The number of hydrogen-bond donors (Lipinski definition) is 0. The number of carbonyl (C=O) groups is 2. The van der Waals surface area contributed by atoms with Gasteiger partial charge >= 0.3 is 0 Å². The van der Waals surface area contributed by atoms with Crippen molar-refractivity contribution in [3.05, 3.63) is 0 Å². The first kappa shape index (κ1) is 12.6. The number of hydrogen-bond acceptors (Lipinski definition) is 3. The predicted molar refractivity (Wildman–Crippen MR) is 65.7 cm³/mol. The summed E-state index contributed by atoms with van der Waals surface area (Å²) in [4.78, 5) is 27.2. The molecule has 0 atom stereocenters. The smallest absolute Gasteiger partial charge is 0.230 e. The first-order valence-corrected chi connectivity index (χ1v) is 6.44. The summed E-state index contributed by atoms with van der Waals surface area (Å²) in [7, 11) is 0. The van der Waals surface area contributed by atoms with Gasteiger partial charge in [0.15, 0.2) is 5.78 Å². The number of likely N-dealkylation sites (tertiary alicyclic amines) is 2. The summed E-state index contributed by atoms with van der Waals surface area (Å²) in [6, 6.07) is 0.285. The second-order valence-corrected chi connectivity index (χ2v) is 6.13. The van der Waals surface area contributed by atoms with Crippen molar-refractivity contribution >= 4 is 11.7 Å². The standard InChI is InChI=1S/C13H22N2O2/c1-13(2,3)14-6-4-10(5-7-14)15-9-11(16)8-12(15)17/h10H,4-9H2,1-3H3. The Morgan fingerprint density at radius 1 is 1.12 bits per heavy atom. The minimum absolute atomic E-state index is 0.0317. The zero-order chi connectivity index (χ0) is 12.6. The maximum atomic E-state index is 11.7. The molecule has 0 unspecified atom stereocenters. The molecule has 2 saturated heterocycles. The van der Waals surface area contributed by atoms with Crippen molar-refractivity contribution in [3.63, 3.8) is 0 Å². The molecule has 0 bridgehead atoms. The summed E-state index contributed by atoms with van der Waals surface area (Å²) in [5.41, 5.74) is 0.204. The molecule has 0 aliphatic carbocycles. The lowest BCUT2D eigenvalue weighted by Gasteiger charge is -2.42. The largest absolute Gasteiger partial charge is 0.332 e. The fourth-order valence-corrected chi connectivity index (χ4v) is 2.79. The minimum atomic E-state index is 0.0317. The van der Waals surface area contributed by atoms with E-state index in [0.717, 1.165) is 25.9 Å². The number of amides is 1. The highest BCUT2D eigenvalue weighted by atomic mass is 16.2. The van der Waals surface area contributed by atoms with Gasteiger partial charge in [-0.05, 0) is 33.6 Å². The van der Waals surface area contributed by atoms with E-state index in [9.17, 15) is 9.59 Å². The van der Waals surface area contributed by atoms with Crippen molar-refractivity contribution < 1.29 is 9.59 Å². The molecular weight excluding hydrogens is 216 g/mol. The highest BCUT2D eigenvalue weighted by Gasteiger charge is 2.36. The Hall–Kier alpha value is -0.900. The van der Waals surface area contributed by atoms with E-state index in [4.69, 9.17) is 0 Å². The van der Waals surface area contributed by atoms with Crippen molar-refractivity contribution in [2.24, 2.45) is 0 Å². The van der Waals surface area contributed by atoms with E-state index < -0.39 is 0 Å². The third kappa shape index (κ3) is 2.68. The first-order valence-electron chi connectivity index (χ1n) is 6.44. The van der Waals surface area contributed by atoms with Gasteiger partial charge < -0.3 is 4.90 Å². The van der Waals surface area contributed by atoms with E-state index in [1.807, 2.05) is 0 Å². The van der Waals surface area contributed by atoms with Gasteiger partial charge in [-0.15, -0.1) is 0 Å². The molecule has 2 aliphatic heterocycles. The molecule has 2 fully saturated rings. The molecule has 0 spiro atoms. The SMILES string of the molecule is CC(C)(C)N1CCC(N2CC(=O)CC2=O)CC1. The molecule has 0 radical (unpaired) electrons. The van der Waals surface area contributed by atoms with Gasteiger partial charge in [0.05, 0.1) is 13.0 Å². The van der Waals surface area contributed by atoms with Gasteiger partial charge in [0.25, 0.3) is 0 Å². The highest BCUT2D eigenvalue weighted by Crippen LogP contribution is 2.25. The van der Waals surface area contributed by atoms with E-state index in [0.29, 0.717) is 6.54 Å². The molecule has 4 nitrogen and oxygen atoms in total. The van der Waals surface area contributed by atoms with Crippen LogP contribution in [0, 0.1) is 0 Å². The van der Waals surface area contributed by atoms with Crippen LogP contribution in [0.1, 0.15) is 40.0 Å². The Morgan fingerprint density at radius 2 is 1.71 bits per heavy atom. The molecular formula is C13H22N2O2. The average Bonchev–Trinajstić information content (AvgIpc) is 2.57. The topological polar surface area (TPSA) is 40.6 Å². The molecule has 96 valence electrons. The van der Waals surface area contributed by atoms with Crippen molar-refractivity contribution in [1.82, 2.24) is 9.80 Å². The van der Waals surface area contributed by atoms with Gasteiger partial charge in [-0.25, -0.2) is 0 Å². The zero-order valence-electron chi connectivity index (χ0n) is 11.0. The van der Waals surface area contributed by atoms with Crippen molar-refractivity contribution in [2.45, 2.75) is 51.6 Å². The van der Waals surface area contributed by atoms with Crippen LogP contribution in [0.2, 0.25) is 0 Å². The quantitative estimate of drug-likeness (QED) is 0.641. The lowest BCUT2D eigenvalue weighted by atomic mass is 9.97. The van der Waals surface area contributed by atoms with Crippen molar-refractivity contribution in [2.75, 3.05) is 19.6 Å². The van der Waals surface area contributed by atoms with Gasteiger partial charge in [-0.1, -0.05) is 0 Å². The number of rotatable bonds is 1. The Kier molecular flexibility index (Phi) is 3.25. The maximum Gasteiger partial charge on any atom is 0.230 e. The van der Waals surface area contributed by atoms with E-state index in [1.165, 1.54) is 0 Å². The van der Waals surface area contributed by atoms with Gasteiger partial charge in [-0.3, -0.25) is 14.5 Å². The molecule has 0 aromatic rings. The van der Waals surface area contributed by atoms with Crippen LogP contribution in [-0.2, 0) is 9.59 Å². The predicted octanol–water partition coefficient (Wildman–Crippen LogP) is 1.05. The molecule has 0 N–H and O–H groups in total. The molecule has 0 aromatic heterocycles.